The number of benzene rings is 3. The van der Waals surface area contributed by atoms with E-state index in [1.165, 1.54) is 5.56 Å². The summed E-state index contributed by atoms with van der Waals surface area (Å²) >= 11 is 6.32. The minimum atomic E-state index is 0.286. The van der Waals surface area contributed by atoms with Gasteiger partial charge in [0.2, 0.25) is 0 Å². The van der Waals surface area contributed by atoms with E-state index in [-0.39, 0.29) is 6.04 Å². The molecule has 1 aromatic heterocycles. The Hall–Kier alpha value is -2.82. The number of rotatable bonds is 11. The Balaban J connectivity index is 1.73. The monoisotopic (exact) mass is 475 g/mol. The third-order valence-electron chi connectivity index (χ3n) is 6.54. The average molecular weight is 476 g/mol. The number of ether oxygens (including phenoxy) is 1. The van der Waals surface area contributed by atoms with Gasteiger partial charge in [-0.05, 0) is 80.9 Å². The molecular weight excluding hydrogens is 442 g/mol. The topological polar surface area (TPSA) is 37.4 Å². The maximum Gasteiger partial charge on any atom is 0.119 e. The highest BCUT2D eigenvalue weighted by Crippen LogP contribution is 2.35. The summed E-state index contributed by atoms with van der Waals surface area (Å²) in [6.45, 7) is 7.76. The van der Waals surface area contributed by atoms with Gasteiger partial charge < -0.3 is 15.0 Å². The molecule has 0 amide bonds. The molecule has 0 saturated heterocycles. The van der Waals surface area contributed by atoms with E-state index in [2.05, 4.69) is 66.5 Å². The van der Waals surface area contributed by atoms with Crippen molar-refractivity contribution in [3.8, 4) is 5.75 Å². The summed E-state index contributed by atoms with van der Waals surface area (Å²) < 4.78 is 5.54. The second-order valence-corrected chi connectivity index (χ2v) is 9.17. The van der Waals surface area contributed by atoms with Crippen molar-refractivity contribution in [3.05, 3.63) is 77.3 Å². The fraction of sp³-hybridized carbons (Fsp3) is 0.345. The maximum atomic E-state index is 6.32. The zero-order chi connectivity index (χ0) is 23.9. The summed E-state index contributed by atoms with van der Waals surface area (Å²) in [6, 6.07) is 23.0. The van der Waals surface area contributed by atoms with Crippen molar-refractivity contribution in [2.45, 2.75) is 39.2 Å². The van der Waals surface area contributed by atoms with Gasteiger partial charge >= 0.3 is 0 Å². The zero-order valence-corrected chi connectivity index (χ0v) is 21.1. The molecule has 0 spiro atoms. The smallest absolute Gasteiger partial charge is 0.119 e. The van der Waals surface area contributed by atoms with E-state index in [4.69, 9.17) is 21.3 Å². The number of anilines is 1. The van der Waals surface area contributed by atoms with Crippen LogP contribution in [0.3, 0.4) is 0 Å². The molecule has 0 saturated carbocycles. The lowest BCUT2D eigenvalue weighted by molar-refractivity contribution is 0.294. The Morgan fingerprint density at radius 3 is 2.47 bits per heavy atom. The molecule has 1 heterocycles. The molecule has 0 aliphatic heterocycles. The number of halogens is 1. The van der Waals surface area contributed by atoms with Crippen LogP contribution in [0, 0.1) is 0 Å². The van der Waals surface area contributed by atoms with Crippen molar-refractivity contribution in [1.29, 1.82) is 0 Å². The molecule has 4 aromatic rings. The van der Waals surface area contributed by atoms with Crippen LogP contribution in [0.25, 0.3) is 21.8 Å². The number of pyridine rings is 1. The molecule has 178 valence electrons. The number of fused-ring (bicyclic) bond motifs is 2. The Morgan fingerprint density at radius 2 is 1.74 bits per heavy atom. The Bertz CT molecular complexity index is 1220. The van der Waals surface area contributed by atoms with Crippen LogP contribution in [-0.2, 0) is 6.42 Å². The first-order valence-corrected chi connectivity index (χ1v) is 12.6. The predicted molar refractivity (Wildman–Crippen MR) is 145 cm³/mol. The van der Waals surface area contributed by atoms with E-state index in [1.807, 2.05) is 24.3 Å². The quantitative estimate of drug-likeness (QED) is 0.233. The highest BCUT2D eigenvalue weighted by Gasteiger charge is 2.16. The SMILES string of the molecule is CCN(CC)CCC[C@H](Cc1ccccc1)Nc1c2ccc(Cl)cc2nc2ccc(OC)cc12. The van der Waals surface area contributed by atoms with Crippen LogP contribution >= 0.6 is 11.6 Å². The number of nitrogens with zero attached hydrogens (tertiary/aromatic N) is 2. The highest BCUT2D eigenvalue weighted by atomic mass is 35.5. The van der Waals surface area contributed by atoms with Gasteiger partial charge in [-0.3, -0.25) is 0 Å². The second kappa shape index (κ2) is 11.5. The summed E-state index contributed by atoms with van der Waals surface area (Å²) in [4.78, 5) is 7.38. The summed E-state index contributed by atoms with van der Waals surface area (Å²) in [5, 5.41) is 6.77. The fourth-order valence-corrected chi connectivity index (χ4v) is 4.77. The van der Waals surface area contributed by atoms with E-state index in [0.717, 1.165) is 72.1 Å². The lowest BCUT2D eigenvalue weighted by Gasteiger charge is -2.24. The third-order valence-corrected chi connectivity index (χ3v) is 6.77. The molecule has 0 aliphatic rings. The van der Waals surface area contributed by atoms with Crippen LogP contribution in [0.2, 0.25) is 5.02 Å². The second-order valence-electron chi connectivity index (χ2n) is 8.73. The van der Waals surface area contributed by atoms with Crippen LogP contribution in [0.1, 0.15) is 32.3 Å². The first-order chi connectivity index (χ1) is 16.6. The molecule has 3 aromatic carbocycles. The highest BCUT2D eigenvalue weighted by molar-refractivity contribution is 6.31. The molecule has 0 fully saturated rings. The first-order valence-electron chi connectivity index (χ1n) is 12.2. The molecule has 1 N–H and O–H groups in total. The van der Waals surface area contributed by atoms with Gasteiger partial charge in [0.05, 0.1) is 23.8 Å². The van der Waals surface area contributed by atoms with Crippen LogP contribution in [0.5, 0.6) is 5.75 Å². The summed E-state index contributed by atoms with van der Waals surface area (Å²) in [7, 11) is 1.70. The van der Waals surface area contributed by atoms with E-state index in [9.17, 15) is 0 Å². The molecule has 34 heavy (non-hydrogen) atoms. The number of aromatic nitrogens is 1. The summed E-state index contributed by atoms with van der Waals surface area (Å²) in [5.41, 5.74) is 4.26. The lowest BCUT2D eigenvalue weighted by Crippen LogP contribution is -2.27. The van der Waals surface area contributed by atoms with Crippen LogP contribution in [0.4, 0.5) is 5.69 Å². The Kier molecular flexibility index (Phi) is 8.25. The average Bonchev–Trinajstić information content (AvgIpc) is 2.86. The molecule has 0 bridgehead atoms. The third kappa shape index (κ3) is 5.81. The molecular formula is C29H34ClN3O. The minimum Gasteiger partial charge on any atom is -0.497 e. The van der Waals surface area contributed by atoms with E-state index < -0.39 is 0 Å². The maximum absolute atomic E-state index is 6.32. The van der Waals surface area contributed by atoms with Gasteiger partial charge in [-0.2, -0.15) is 0 Å². The van der Waals surface area contributed by atoms with Gasteiger partial charge in [0.25, 0.3) is 0 Å². The number of methoxy groups -OCH3 is 1. The molecule has 1 atom stereocenters. The van der Waals surface area contributed by atoms with Crippen LogP contribution < -0.4 is 10.1 Å². The molecule has 4 rings (SSSR count). The van der Waals surface area contributed by atoms with Crippen LogP contribution in [0.15, 0.2) is 66.7 Å². The molecule has 0 aliphatic carbocycles. The lowest BCUT2D eigenvalue weighted by atomic mass is 9.99. The Labute approximate surface area is 207 Å². The van der Waals surface area contributed by atoms with Gasteiger partial charge in [-0.15, -0.1) is 0 Å². The normalized spacial score (nSPS) is 12.4. The zero-order valence-electron chi connectivity index (χ0n) is 20.4. The van der Waals surface area contributed by atoms with Crippen molar-refractivity contribution in [2.24, 2.45) is 0 Å². The molecule has 4 nitrogen and oxygen atoms in total. The predicted octanol–water partition coefficient (Wildman–Crippen LogP) is 7.20. The van der Waals surface area contributed by atoms with Crippen molar-refractivity contribution in [3.63, 3.8) is 0 Å². The van der Waals surface area contributed by atoms with Gasteiger partial charge in [0, 0.05) is 21.8 Å². The minimum absolute atomic E-state index is 0.286. The Morgan fingerprint density at radius 1 is 0.941 bits per heavy atom. The van der Waals surface area contributed by atoms with Crippen LogP contribution in [-0.4, -0.2) is 42.7 Å². The largest absolute Gasteiger partial charge is 0.497 e. The van der Waals surface area contributed by atoms with E-state index in [0.29, 0.717) is 5.02 Å². The van der Waals surface area contributed by atoms with Gasteiger partial charge in [-0.1, -0.05) is 55.8 Å². The fourth-order valence-electron chi connectivity index (χ4n) is 4.61. The standard InChI is InChI=1S/C29H34ClN3O/c1-4-33(5-2)17-9-12-23(18-21-10-7-6-8-11-21)31-29-25-15-13-22(30)19-28(25)32-27-16-14-24(34-3)20-26(27)29/h6-8,10-11,13-16,19-20,23H,4-5,9,12,17-18H2,1-3H3,(H,31,32)/t23-/m1/s1. The first kappa shape index (κ1) is 24.3. The molecule has 0 radical (unpaired) electrons. The number of hydrogen-bond donors (Lipinski definition) is 1. The molecule has 5 heteroatoms. The van der Waals surface area contributed by atoms with Crippen molar-refractivity contribution in [2.75, 3.05) is 32.1 Å². The van der Waals surface area contributed by atoms with Gasteiger partial charge in [0.1, 0.15) is 5.75 Å². The summed E-state index contributed by atoms with van der Waals surface area (Å²) in [5.74, 6) is 0.826. The number of hydrogen-bond acceptors (Lipinski definition) is 4. The number of nitrogens with one attached hydrogen (secondary N) is 1. The van der Waals surface area contributed by atoms with Crippen molar-refractivity contribution >= 4 is 39.1 Å². The van der Waals surface area contributed by atoms with E-state index >= 15 is 0 Å². The molecule has 0 unspecified atom stereocenters. The van der Waals surface area contributed by atoms with E-state index in [1.54, 1.807) is 7.11 Å². The van der Waals surface area contributed by atoms with Gasteiger partial charge in [-0.25, -0.2) is 4.98 Å². The van der Waals surface area contributed by atoms with Crippen molar-refractivity contribution in [1.82, 2.24) is 9.88 Å². The van der Waals surface area contributed by atoms with Gasteiger partial charge in [0.15, 0.2) is 0 Å². The van der Waals surface area contributed by atoms with Crippen molar-refractivity contribution < 1.29 is 4.74 Å². The summed E-state index contributed by atoms with van der Waals surface area (Å²) in [6.07, 6.45) is 3.18.